The van der Waals surface area contributed by atoms with Crippen LogP contribution < -0.4 is 0 Å². The maximum absolute atomic E-state index is 11.6. The Balaban J connectivity index is 3.47. The lowest BCUT2D eigenvalue weighted by atomic mass is 9.97. The number of hydrogen-bond donors (Lipinski definition) is 1. The number of carbonyl (C=O) groups excluding carboxylic acids is 1. The largest absolute Gasteiger partial charge is 0.481 e. The molecule has 0 radical (unpaired) electrons. The highest BCUT2D eigenvalue weighted by molar-refractivity contribution is 5.78. The number of rotatable bonds is 23. The van der Waals surface area contributed by atoms with Gasteiger partial charge in [0.2, 0.25) is 0 Å². The van der Waals surface area contributed by atoms with Crippen molar-refractivity contribution in [2.75, 3.05) is 6.61 Å². The van der Waals surface area contributed by atoms with Gasteiger partial charge < -0.3 is 9.84 Å². The van der Waals surface area contributed by atoms with Crippen LogP contribution in [0.3, 0.4) is 0 Å². The second kappa shape index (κ2) is 23.3. The number of esters is 1. The van der Waals surface area contributed by atoms with Gasteiger partial charge in [-0.15, -0.1) is 0 Å². The fourth-order valence-electron chi connectivity index (χ4n) is 3.78. The summed E-state index contributed by atoms with van der Waals surface area (Å²) in [6, 6.07) is 0. The van der Waals surface area contributed by atoms with Crippen molar-refractivity contribution in [1.82, 2.24) is 0 Å². The highest BCUT2D eigenvalue weighted by Crippen LogP contribution is 2.17. The first kappa shape index (κ1) is 29.7. The van der Waals surface area contributed by atoms with E-state index in [0.717, 1.165) is 38.5 Å². The average Bonchev–Trinajstić information content (AvgIpc) is 2.75. The molecule has 0 aliphatic carbocycles. The molecule has 0 rings (SSSR count). The van der Waals surface area contributed by atoms with E-state index in [4.69, 9.17) is 4.74 Å². The van der Waals surface area contributed by atoms with Gasteiger partial charge in [-0.05, 0) is 38.5 Å². The van der Waals surface area contributed by atoms with Gasteiger partial charge in [-0.2, -0.15) is 0 Å². The molecule has 4 heteroatoms. The van der Waals surface area contributed by atoms with E-state index in [1.807, 2.05) is 6.92 Å². The van der Waals surface area contributed by atoms with E-state index in [1.165, 1.54) is 70.6 Å². The quantitative estimate of drug-likeness (QED) is 0.0991. The van der Waals surface area contributed by atoms with Crippen LogP contribution in [0.4, 0.5) is 0 Å². The van der Waals surface area contributed by atoms with Crippen LogP contribution in [0.15, 0.2) is 12.2 Å². The summed E-state index contributed by atoms with van der Waals surface area (Å²) in [6.07, 6.45) is 26.3. The van der Waals surface area contributed by atoms with Gasteiger partial charge in [0, 0.05) is 0 Å². The monoisotopic (exact) mass is 438 g/mol. The molecule has 0 bridgehead atoms. The number of carbonyl (C=O) groups is 2. The van der Waals surface area contributed by atoms with Crippen molar-refractivity contribution in [2.24, 2.45) is 5.92 Å². The smallest absolute Gasteiger partial charge is 0.307 e. The van der Waals surface area contributed by atoms with Crippen LogP contribution in [0.5, 0.6) is 0 Å². The zero-order chi connectivity index (χ0) is 23.0. The molecule has 0 aliphatic rings. The molecule has 0 fully saturated rings. The van der Waals surface area contributed by atoms with E-state index in [-0.39, 0.29) is 12.4 Å². The van der Waals surface area contributed by atoms with Crippen molar-refractivity contribution < 1.29 is 19.4 Å². The molecule has 0 saturated carbocycles. The third kappa shape index (κ3) is 21.7. The molecule has 0 aromatic rings. The van der Waals surface area contributed by atoms with Crippen molar-refractivity contribution in [1.29, 1.82) is 0 Å². The van der Waals surface area contributed by atoms with Crippen molar-refractivity contribution in [2.45, 2.75) is 136 Å². The minimum atomic E-state index is -0.886. The molecule has 31 heavy (non-hydrogen) atoms. The standard InChI is InChI=1S/C27H50O4/c1-3-5-6-7-8-9-10-11-12-13-14-15-16-17-18-19-20-21-22-25(27(29)30)24-26(28)31-23-4-2/h15-16,25H,3-14,17-24H2,1-2H3,(H,29,30)/b16-15+. The second-order valence-corrected chi connectivity index (χ2v) is 8.89. The van der Waals surface area contributed by atoms with E-state index in [9.17, 15) is 14.7 Å². The normalized spacial score (nSPS) is 12.3. The van der Waals surface area contributed by atoms with Crippen LogP contribution in [-0.4, -0.2) is 23.7 Å². The predicted molar refractivity (Wildman–Crippen MR) is 130 cm³/mol. The lowest BCUT2D eigenvalue weighted by Gasteiger charge is -2.11. The number of unbranched alkanes of at least 4 members (excludes halogenated alkanes) is 14. The number of carboxylic acids is 1. The van der Waals surface area contributed by atoms with Crippen LogP contribution in [0.1, 0.15) is 136 Å². The molecule has 182 valence electrons. The molecule has 4 nitrogen and oxygen atoms in total. The van der Waals surface area contributed by atoms with Crippen molar-refractivity contribution in [3.63, 3.8) is 0 Å². The van der Waals surface area contributed by atoms with Gasteiger partial charge in [0.15, 0.2) is 0 Å². The molecule has 0 amide bonds. The third-order valence-electron chi connectivity index (χ3n) is 5.79. The minimum absolute atomic E-state index is 0.00295. The molecule has 0 aliphatic heterocycles. The summed E-state index contributed by atoms with van der Waals surface area (Å²) in [5, 5.41) is 9.27. The predicted octanol–water partition coefficient (Wildman–Crippen LogP) is 8.24. The molecule has 0 aromatic heterocycles. The van der Waals surface area contributed by atoms with Gasteiger partial charge in [-0.3, -0.25) is 9.59 Å². The van der Waals surface area contributed by atoms with Crippen LogP contribution in [0.2, 0.25) is 0 Å². The molecular weight excluding hydrogens is 388 g/mol. The maximum Gasteiger partial charge on any atom is 0.307 e. The summed E-state index contributed by atoms with van der Waals surface area (Å²) in [5.41, 5.74) is 0. The molecule has 0 saturated heterocycles. The highest BCUT2D eigenvalue weighted by atomic mass is 16.5. The Hall–Kier alpha value is -1.32. The lowest BCUT2D eigenvalue weighted by molar-refractivity contribution is -0.151. The molecule has 0 spiro atoms. The zero-order valence-corrected chi connectivity index (χ0v) is 20.5. The number of hydrogen-bond acceptors (Lipinski definition) is 3. The van der Waals surface area contributed by atoms with E-state index in [0.29, 0.717) is 13.0 Å². The Bertz CT molecular complexity index is 445. The molecule has 1 atom stereocenters. The average molecular weight is 439 g/mol. The molecule has 1 unspecified atom stereocenters. The van der Waals surface area contributed by atoms with Gasteiger partial charge in [0.1, 0.15) is 0 Å². The zero-order valence-electron chi connectivity index (χ0n) is 20.5. The number of aliphatic carboxylic acids is 1. The number of ether oxygens (including phenoxy) is 1. The molecule has 0 heterocycles. The topological polar surface area (TPSA) is 63.6 Å². The van der Waals surface area contributed by atoms with Gasteiger partial charge in [-0.1, -0.05) is 103 Å². The summed E-state index contributed by atoms with van der Waals surface area (Å²) in [6.45, 7) is 4.57. The van der Waals surface area contributed by atoms with E-state index in [1.54, 1.807) is 0 Å². The van der Waals surface area contributed by atoms with E-state index >= 15 is 0 Å². The second-order valence-electron chi connectivity index (χ2n) is 8.89. The molecule has 0 aromatic carbocycles. The molecule has 1 N–H and O–H groups in total. The first-order valence-corrected chi connectivity index (χ1v) is 13.1. The SMILES string of the molecule is CCCCCCCCCCCC/C=C/CCCCCCC(CC(=O)OCCC)C(=O)O. The fraction of sp³-hybridized carbons (Fsp3) is 0.852. The van der Waals surface area contributed by atoms with Crippen LogP contribution >= 0.6 is 0 Å². The van der Waals surface area contributed by atoms with Crippen LogP contribution in [-0.2, 0) is 14.3 Å². The number of allylic oxidation sites excluding steroid dienone is 2. The minimum Gasteiger partial charge on any atom is -0.481 e. The van der Waals surface area contributed by atoms with E-state index in [2.05, 4.69) is 19.1 Å². The van der Waals surface area contributed by atoms with Crippen molar-refractivity contribution >= 4 is 11.9 Å². The van der Waals surface area contributed by atoms with E-state index < -0.39 is 11.9 Å². The highest BCUT2D eigenvalue weighted by Gasteiger charge is 2.21. The lowest BCUT2D eigenvalue weighted by Crippen LogP contribution is -2.19. The van der Waals surface area contributed by atoms with Gasteiger partial charge in [0.05, 0.1) is 18.9 Å². The van der Waals surface area contributed by atoms with Gasteiger partial charge in [-0.25, -0.2) is 0 Å². The first-order chi connectivity index (χ1) is 15.1. The summed E-state index contributed by atoms with van der Waals surface area (Å²) in [5.74, 6) is -1.88. The summed E-state index contributed by atoms with van der Waals surface area (Å²) < 4.78 is 5.00. The van der Waals surface area contributed by atoms with Crippen molar-refractivity contribution in [3.8, 4) is 0 Å². The van der Waals surface area contributed by atoms with Crippen LogP contribution in [0.25, 0.3) is 0 Å². The first-order valence-electron chi connectivity index (χ1n) is 13.1. The summed E-state index contributed by atoms with van der Waals surface area (Å²) >= 11 is 0. The Morgan fingerprint density at radius 2 is 1.19 bits per heavy atom. The van der Waals surface area contributed by atoms with Gasteiger partial charge in [0.25, 0.3) is 0 Å². The maximum atomic E-state index is 11.6. The number of carboxylic acid groups (broad SMARTS) is 1. The van der Waals surface area contributed by atoms with Crippen molar-refractivity contribution in [3.05, 3.63) is 12.2 Å². The fourth-order valence-corrected chi connectivity index (χ4v) is 3.78. The Kier molecular flexibility index (Phi) is 22.4. The molecular formula is C27H50O4. The Labute approximate surface area is 192 Å². The van der Waals surface area contributed by atoms with Gasteiger partial charge >= 0.3 is 11.9 Å². The van der Waals surface area contributed by atoms with Crippen LogP contribution in [0, 0.1) is 5.92 Å². The summed E-state index contributed by atoms with van der Waals surface area (Å²) in [7, 11) is 0. The Morgan fingerprint density at radius 3 is 1.68 bits per heavy atom. The summed E-state index contributed by atoms with van der Waals surface area (Å²) in [4.78, 5) is 22.9. The third-order valence-corrected chi connectivity index (χ3v) is 5.79. The Morgan fingerprint density at radius 1 is 0.710 bits per heavy atom.